The number of aromatic carboxylic acids is 1. The molecule has 0 radical (unpaired) electrons. The second-order valence-electron chi connectivity index (χ2n) is 2.95. The van der Waals surface area contributed by atoms with Gasteiger partial charge in [-0.25, -0.2) is 4.79 Å². The van der Waals surface area contributed by atoms with E-state index in [2.05, 4.69) is 0 Å². The van der Waals surface area contributed by atoms with Crippen LogP contribution in [-0.4, -0.2) is 16.2 Å². The molecule has 0 aliphatic carbocycles. The molecule has 0 saturated carbocycles. The zero-order chi connectivity index (χ0) is 10.0. The lowest BCUT2D eigenvalue weighted by Gasteiger charge is -2.06. The summed E-state index contributed by atoms with van der Waals surface area (Å²) in [7, 11) is 0. The van der Waals surface area contributed by atoms with E-state index in [1.807, 2.05) is 13.8 Å². The largest absolute Gasteiger partial charge is 0.507 e. The lowest BCUT2D eigenvalue weighted by molar-refractivity contribution is 0.0693. The molecule has 0 saturated heterocycles. The van der Waals surface area contributed by atoms with Crippen LogP contribution >= 0.6 is 0 Å². The molecule has 13 heavy (non-hydrogen) atoms. The summed E-state index contributed by atoms with van der Waals surface area (Å²) in [5.74, 6) is -1.26. The molecule has 1 aromatic rings. The Morgan fingerprint density at radius 3 is 2.54 bits per heavy atom. The molecule has 0 atom stereocenters. The standard InChI is InChI=1S/C10H12O3/c1-3-7-5-8(10(12)13)9(11)4-6(7)2/h4-5,11H,3H2,1-2H3,(H,12,13). The summed E-state index contributed by atoms with van der Waals surface area (Å²) in [5, 5.41) is 18.0. The number of carboxylic acid groups (broad SMARTS) is 1. The van der Waals surface area contributed by atoms with E-state index in [-0.39, 0.29) is 11.3 Å². The quantitative estimate of drug-likeness (QED) is 0.731. The molecule has 70 valence electrons. The van der Waals surface area contributed by atoms with Crippen molar-refractivity contribution in [1.29, 1.82) is 0 Å². The first-order valence-electron chi connectivity index (χ1n) is 4.12. The highest BCUT2D eigenvalue weighted by Crippen LogP contribution is 2.22. The SMILES string of the molecule is CCc1cc(C(=O)O)c(O)cc1C. The maximum Gasteiger partial charge on any atom is 0.339 e. The number of aryl methyl sites for hydroxylation is 2. The average molecular weight is 180 g/mol. The minimum Gasteiger partial charge on any atom is -0.507 e. The van der Waals surface area contributed by atoms with Crippen LogP contribution in [0.1, 0.15) is 28.4 Å². The number of benzene rings is 1. The summed E-state index contributed by atoms with van der Waals surface area (Å²) in [6.07, 6.45) is 0.770. The van der Waals surface area contributed by atoms with Crippen molar-refractivity contribution >= 4 is 5.97 Å². The van der Waals surface area contributed by atoms with Crippen molar-refractivity contribution in [3.8, 4) is 5.75 Å². The Kier molecular flexibility index (Phi) is 2.56. The van der Waals surface area contributed by atoms with Gasteiger partial charge in [-0.3, -0.25) is 0 Å². The van der Waals surface area contributed by atoms with E-state index in [0.29, 0.717) is 0 Å². The Balaban J connectivity index is 3.30. The predicted molar refractivity (Wildman–Crippen MR) is 49.2 cm³/mol. The fraction of sp³-hybridized carbons (Fsp3) is 0.300. The van der Waals surface area contributed by atoms with Crippen molar-refractivity contribution in [2.45, 2.75) is 20.3 Å². The van der Waals surface area contributed by atoms with Gasteiger partial charge >= 0.3 is 5.97 Å². The van der Waals surface area contributed by atoms with E-state index in [1.54, 1.807) is 0 Å². The lowest BCUT2D eigenvalue weighted by atomic mass is 10.0. The molecular formula is C10H12O3. The van der Waals surface area contributed by atoms with Crippen molar-refractivity contribution in [1.82, 2.24) is 0 Å². The van der Waals surface area contributed by atoms with Crippen LogP contribution in [0.5, 0.6) is 5.75 Å². The summed E-state index contributed by atoms with van der Waals surface area (Å²) in [6, 6.07) is 3.01. The smallest absolute Gasteiger partial charge is 0.339 e. The van der Waals surface area contributed by atoms with Crippen molar-refractivity contribution < 1.29 is 15.0 Å². The Morgan fingerprint density at radius 1 is 1.46 bits per heavy atom. The normalized spacial score (nSPS) is 10.0. The van der Waals surface area contributed by atoms with E-state index in [0.717, 1.165) is 17.5 Å². The van der Waals surface area contributed by atoms with Gasteiger partial charge in [-0.05, 0) is 36.6 Å². The number of aromatic hydroxyl groups is 1. The van der Waals surface area contributed by atoms with Gasteiger partial charge in [0, 0.05) is 0 Å². The zero-order valence-electron chi connectivity index (χ0n) is 7.66. The minimum atomic E-state index is -1.09. The van der Waals surface area contributed by atoms with Gasteiger partial charge in [0.25, 0.3) is 0 Å². The summed E-state index contributed by atoms with van der Waals surface area (Å²) >= 11 is 0. The van der Waals surface area contributed by atoms with Crippen LogP contribution in [0, 0.1) is 6.92 Å². The van der Waals surface area contributed by atoms with Crippen LogP contribution in [0.4, 0.5) is 0 Å². The number of carbonyl (C=O) groups is 1. The van der Waals surface area contributed by atoms with Gasteiger partial charge in [0.1, 0.15) is 11.3 Å². The van der Waals surface area contributed by atoms with Crippen LogP contribution in [0.2, 0.25) is 0 Å². The Labute approximate surface area is 76.6 Å². The summed E-state index contributed by atoms with van der Waals surface area (Å²) < 4.78 is 0. The molecule has 3 nitrogen and oxygen atoms in total. The highest BCUT2D eigenvalue weighted by molar-refractivity contribution is 5.91. The molecule has 0 fully saturated rings. The number of rotatable bonds is 2. The second-order valence-corrected chi connectivity index (χ2v) is 2.95. The van der Waals surface area contributed by atoms with Crippen LogP contribution in [0.25, 0.3) is 0 Å². The molecule has 0 aromatic heterocycles. The number of hydrogen-bond acceptors (Lipinski definition) is 2. The van der Waals surface area contributed by atoms with E-state index in [4.69, 9.17) is 5.11 Å². The molecule has 1 rings (SSSR count). The fourth-order valence-electron chi connectivity index (χ4n) is 1.29. The van der Waals surface area contributed by atoms with Crippen LogP contribution < -0.4 is 0 Å². The molecule has 0 spiro atoms. The van der Waals surface area contributed by atoms with Crippen LogP contribution in [0.15, 0.2) is 12.1 Å². The highest BCUT2D eigenvalue weighted by atomic mass is 16.4. The third-order valence-corrected chi connectivity index (χ3v) is 2.07. The second kappa shape index (κ2) is 3.47. The first-order valence-corrected chi connectivity index (χ1v) is 4.12. The molecule has 0 heterocycles. The maximum atomic E-state index is 10.6. The van der Waals surface area contributed by atoms with Gasteiger partial charge in [0.05, 0.1) is 0 Å². The molecule has 1 aromatic carbocycles. The third-order valence-electron chi connectivity index (χ3n) is 2.07. The van der Waals surface area contributed by atoms with Gasteiger partial charge < -0.3 is 10.2 Å². The maximum absolute atomic E-state index is 10.6. The molecule has 2 N–H and O–H groups in total. The number of phenols is 1. The van der Waals surface area contributed by atoms with Crippen molar-refractivity contribution in [3.63, 3.8) is 0 Å². The monoisotopic (exact) mass is 180 g/mol. The van der Waals surface area contributed by atoms with Crippen molar-refractivity contribution in [3.05, 3.63) is 28.8 Å². The van der Waals surface area contributed by atoms with Crippen LogP contribution in [0.3, 0.4) is 0 Å². The Hall–Kier alpha value is -1.51. The molecule has 0 bridgehead atoms. The van der Waals surface area contributed by atoms with Crippen molar-refractivity contribution in [2.24, 2.45) is 0 Å². The number of carboxylic acids is 1. The van der Waals surface area contributed by atoms with E-state index >= 15 is 0 Å². The minimum absolute atomic E-state index is 0.0255. The van der Waals surface area contributed by atoms with Gasteiger partial charge in [-0.2, -0.15) is 0 Å². The lowest BCUT2D eigenvalue weighted by Crippen LogP contribution is -1.99. The third kappa shape index (κ3) is 1.80. The predicted octanol–water partition coefficient (Wildman–Crippen LogP) is 1.96. The molecule has 0 unspecified atom stereocenters. The molecule has 0 aliphatic heterocycles. The van der Waals surface area contributed by atoms with E-state index in [9.17, 15) is 9.90 Å². The van der Waals surface area contributed by atoms with Gasteiger partial charge in [-0.15, -0.1) is 0 Å². The molecular weight excluding hydrogens is 168 g/mol. The van der Waals surface area contributed by atoms with Crippen molar-refractivity contribution in [2.75, 3.05) is 0 Å². The first kappa shape index (κ1) is 9.58. The van der Waals surface area contributed by atoms with Gasteiger partial charge in [0.15, 0.2) is 0 Å². The average Bonchev–Trinajstić information content (AvgIpc) is 2.03. The fourth-order valence-corrected chi connectivity index (χ4v) is 1.29. The molecule has 3 heteroatoms. The topological polar surface area (TPSA) is 57.5 Å². The molecule has 0 aliphatic rings. The Morgan fingerprint density at radius 2 is 2.08 bits per heavy atom. The molecule has 0 amide bonds. The summed E-state index contributed by atoms with van der Waals surface area (Å²) in [5.41, 5.74) is 1.85. The van der Waals surface area contributed by atoms with E-state index < -0.39 is 5.97 Å². The highest BCUT2D eigenvalue weighted by Gasteiger charge is 2.11. The van der Waals surface area contributed by atoms with E-state index in [1.165, 1.54) is 12.1 Å². The van der Waals surface area contributed by atoms with Gasteiger partial charge in [0.2, 0.25) is 0 Å². The summed E-state index contributed by atoms with van der Waals surface area (Å²) in [6.45, 7) is 3.80. The summed E-state index contributed by atoms with van der Waals surface area (Å²) in [4.78, 5) is 10.6. The zero-order valence-corrected chi connectivity index (χ0v) is 7.66. The Bertz CT molecular complexity index is 342. The van der Waals surface area contributed by atoms with Gasteiger partial charge in [-0.1, -0.05) is 6.92 Å². The van der Waals surface area contributed by atoms with Crippen LogP contribution in [-0.2, 0) is 6.42 Å². The number of hydrogen-bond donors (Lipinski definition) is 2. The first-order chi connectivity index (χ1) is 6.06.